The first-order chi connectivity index (χ1) is 14.5. The number of hydrogen-bond acceptors (Lipinski definition) is 7. The van der Waals surface area contributed by atoms with Crippen molar-refractivity contribution in [3.8, 4) is 0 Å². The molecule has 1 heterocycles. The molecule has 0 radical (unpaired) electrons. The number of aliphatic hydroxyl groups is 1. The van der Waals surface area contributed by atoms with Gasteiger partial charge in [-0.1, -0.05) is 20.3 Å². The molecule has 1 fully saturated rings. The van der Waals surface area contributed by atoms with Crippen LogP contribution in [-0.2, 0) is 24.0 Å². The second-order valence-electron chi connectivity index (χ2n) is 7.82. The van der Waals surface area contributed by atoms with Gasteiger partial charge in [-0.25, -0.2) is 4.79 Å². The molecule has 1 rings (SSSR count). The second kappa shape index (κ2) is 12.2. The van der Waals surface area contributed by atoms with Gasteiger partial charge in [0, 0.05) is 0 Å². The normalized spacial score (nSPS) is 20.6. The van der Waals surface area contributed by atoms with Crippen LogP contribution in [0.15, 0.2) is 0 Å². The van der Waals surface area contributed by atoms with Gasteiger partial charge in [-0.3, -0.25) is 19.2 Å². The highest BCUT2D eigenvalue weighted by molar-refractivity contribution is 5.96. The summed E-state index contributed by atoms with van der Waals surface area (Å²) in [5.41, 5.74) is 5.17. The van der Waals surface area contributed by atoms with Crippen molar-refractivity contribution >= 4 is 29.6 Å². The van der Waals surface area contributed by atoms with Crippen LogP contribution in [0.5, 0.6) is 0 Å². The molecule has 0 aliphatic carbocycles. The van der Waals surface area contributed by atoms with E-state index in [-0.39, 0.29) is 11.8 Å². The van der Waals surface area contributed by atoms with Gasteiger partial charge in [-0.05, 0) is 32.2 Å². The Morgan fingerprint density at radius 1 is 1.06 bits per heavy atom. The zero-order valence-electron chi connectivity index (χ0n) is 18.0. The Balaban J connectivity index is 2.96. The monoisotopic (exact) mass is 443 g/mol. The highest BCUT2D eigenvalue weighted by Gasteiger charge is 2.34. The maximum Gasteiger partial charge on any atom is 0.328 e. The summed E-state index contributed by atoms with van der Waals surface area (Å²) in [6, 6.07) is -4.50. The van der Waals surface area contributed by atoms with Crippen LogP contribution >= 0.6 is 0 Å². The Bertz CT molecular complexity index is 679. The van der Waals surface area contributed by atoms with E-state index < -0.39 is 60.4 Å². The summed E-state index contributed by atoms with van der Waals surface area (Å²) in [5, 5.41) is 28.9. The van der Waals surface area contributed by atoms with E-state index in [4.69, 9.17) is 10.8 Å². The lowest BCUT2D eigenvalue weighted by Crippen LogP contribution is -2.60. The Morgan fingerprint density at radius 3 is 2.16 bits per heavy atom. The lowest BCUT2D eigenvalue weighted by atomic mass is 9.97. The maximum absolute atomic E-state index is 12.9. The van der Waals surface area contributed by atoms with Crippen molar-refractivity contribution in [1.82, 2.24) is 21.3 Å². The lowest BCUT2D eigenvalue weighted by Gasteiger charge is -2.28. The van der Waals surface area contributed by atoms with Crippen LogP contribution in [0.2, 0.25) is 0 Å². The van der Waals surface area contributed by atoms with Crippen LogP contribution in [0.3, 0.4) is 0 Å². The van der Waals surface area contributed by atoms with Crippen molar-refractivity contribution in [2.45, 2.75) is 76.7 Å². The number of hydrogen-bond donors (Lipinski definition) is 7. The van der Waals surface area contributed by atoms with Crippen molar-refractivity contribution in [3.63, 3.8) is 0 Å². The standard InChI is InChI=1S/C19H33N5O7/c1-4-9(2)14(23-16(27)11-6-5-7-21-11)18(29)22-12(8-13(20)26)17(28)24-15(10(3)25)19(30)31/h9-12,14-15,21,25H,4-8H2,1-3H3,(H2,20,26)(H,22,29)(H,23,27)(H,24,28)(H,30,31). The number of carboxylic acid groups (broad SMARTS) is 1. The predicted octanol–water partition coefficient (Wildman–Crippen LogP) is -2.42. The molecule has 12 nitrogen and oxygen atoms in total. The Hall–Kier alpha value is -2.73. The summed E-state index contributed by atoms with van der Waals surface area (Å²) in [4.78, 5) is 60.5. The molecule has 8 N–H and O–H groups in total. The quantitative estimate of drug-likeness (QED) is 0.173. The van der Waals surface area contributed by atoms with Crippen LogP contribution < -0.4 is 27.0 Å². The van der Waals surface area contributed by atoms with Gasteiger partial charge in [0.05, 0.1) is 18.6 Å². The number of amides is 4. The fourth-order valence-electron chi connectivity index (χ4n) is 3.18. The largest absolute Gasteiger partial charge is 0.480 e. The third-order valence-corrected chi connectivity index (χ3v) is 5.25. The summed E-state index contributed by atoms with van der Waals surface area (Å²) in [7, 11) is 0. The van der Waals surface area contributed by atoms with Gasteiger partial charge >= 0.3 is 5.97 Å². The van der Waals surface area contributed by atoms with Gasteiger partial charge in [0.25, 0.3) is 0 Å². The highest BCUT2D eigenvalue weighted by Crippen LogP contribution is 2.11. The Kier molecular flexibility index (Phi) is 10.4. The minimum Gasteiger partial charge on any atom is -0.480 e. The number of nitrogens with two attached hydrogens (primary N) is 1. The van der Waals surface area contributed by atoms with E-state index >= 15 is 0 Å². The molecule has 0 aromatic heterocycles. The first-order valence-corrected chi connectivity index (χ1v) is 10.3. The van der Waals surface area contributed by atoms with Crippen molar-refractivity contribution < 1.29 is 34.2 Å². The number of carboxylic acids is 1. The molecule has 0 bridgehead atoms. The van der Waals surface area contributed by atoms with E-state index in [0.29, 0.717) is 19.4 Å². The van der Waals surface area contributed by atoms with Gasteiger partial charge in [-0.2, -0.15) is 0 Å². The lowest BCUT2D eigenvalue weighted by molar-refractivity contribution is -0.145. The second-order valence-corrected chi connectivity index (χ2v) is 7.82. The molecule has 12 heteroatoms. The molecule has 0 saturated carbocycles. The zero-order valence-corrected chi connectivity index (χ0v) is 18.0. The molecule has 0 aromatic carbocycles. The van der Waals surface area contributed by atoms with Crippen LogP contribution in [0, 0.1) is 5.92 Å². The van der Waals surface area contributed by atoms with Gasteiger partial charge in [0.2, 0.25) is 23.6 Å². The fourth-order valence-corrected chi connectivity index (χ4v) is 3.18. The molecule has 31 heavy (non-hydrogen) atoms. The molecule has 176 valence electrons. The molecule has 0 aromatic rings. The van der Waals surface area contributed by atoms with E-state index in [9.17, 15) is 29.1 Å². The van der Waals surface area contributed by atoms with E-state index in [1.807, 2.05) is 6.92 Å². The minimum atomic E-state index is -1.64. The van der Waals surface area contributed by atoms with Crippen LogP contribution in [0.25, 0.3) is 0 Å². The Labute approximate surface area is 180 Å². The average molecular weight is 444 g/mol. The van der Waals surface area contributed by atoms with Crippen LogP contribution in [0.1, 0.15) is 46.5 Å². The van der Waals surface area contributed by atoms with E-state index in [1.54, 1.807) is 6.92 Å². The number of carbonyl (C=O) groups excluding carboxylic acids is 4. The molecule has 6 unspecified atom stereocenters. The molecule has 1 aliphatic rings. The summed E-state index contributed by atoms with van der Waals surface area (Å²) < 4.78 is 0. The first-order valence-electron chi connectivity index (χ1n) is 10.3. The van der Waals surface area contributed by atoms with Crippen LogP contribution in [0.4, 0.5) is 0 Å². The van der Waals surface area contributed by atoms with Crippen molar-refractivity contribution in [1.29, 1.82) is 0 Å². The van der Waals surface area contributed by atoms with E-state index in [1.165, 1.54) is 6.92 Å². The Morgan fingerprint density at radius 2 is 1.71 bits per heavy atom. The van der Waals surface area contributed by atoms with Gasteiger partial charge in [0.15, 0.2) is 6.04 Å². The van der Waals surface area contributed by atoms with Gasteiger partial charge < -0.3 is 37.2 Å². The number of rotatable bonds is 12. The molecule has 6 atom stereocenters. The summed E-state index contributed by atoms with van der Waals surface area (Å²) in [6.07, 6.45) is 0.0232. The fraction of sp³-hybridized carbons (Fsp3) is 0.737. The smallest absolute Gasteiger partial charge is 0.328 e. The maximum atomic E-state index is 12.9. The summed E-state index contributed by atoms with van der Waals surface area (Å²) >= 11 is 0. The number of nitrogens with one attached hydrogen (secondary N) is 4. The highest BCUT2D eigenvalue weighted by atomic mass is 16.4. The molecular formula is C19H33N5O7. The number of primary amides is 1. The number of carbonyl (C=O) groups is 5. The minimum absolute atomic E-state index is 0.285. The van der Waals surface area contributed by atoms with Crippen molar-refractivity contribution in [2.24, 2.45) is 11.7 Å². The first kappa shape index (κ1) is 26.3. The molecule has 0 spiro atoms. The number of aliphatic carboxylic acids is 1. The molecule has 1 aliphatic heterocycles. The third-order valence-electron chi connectivity index (χ3n) is 5.25. The molecule has 4 amide bonds. The number of aliphatic hydroxyl groups excluding tert-OH is 1. The van der Waals surface area contributed by atoms with Crippen LogP contribution in [-0.4, -0.2) is 76.6 Å². The molecular weight excluding hydrogens is 410 g/mol. The summed E-state index contributed by atoms with van der Waals surface area (Å²) in [5.74, 6) is -4.70. The summed E-state index contributed by atoms with van der Waals surface area (Å²) in [6.45, 7) is 5.46. The van der Waals surface area contributed by atoms with E-state index in [2.05, 4.69) is 21.3 Å². The SMILES string of the molecule is CCC(C)C(NC(=O)C1CCCN1)C(=O)NC(CC(N)=O)C(=O)NC(C(=O)O)C(C)O. The third kappa shape index (κ3) is 8.13. The van der Waals surface area contributed by atoms with Gasteiger partial charge in [-0.15, -0.1) is 0 Å². The van der Waals surface area contributed by atoms with E-state index in [0.717, 1.165) is 6.42 Å². The zero-order chi connectivity index (χ0) is 23.7. The van der Waals surface area contributed by atoms with Gasteiger partial charge in [0.1, 0.15) is 12.1 Å². The van der Waals surface area contributed by atoms with Crippen molar-refractivity contribution in [3.05, 3.63) is 0 Å². The predicted molar refractivity (Wildman–Crippen MR) is 109 cm³/mol. The average Bonchev–Trinajstić information content (AvgIpc) is 3.22. The molecule has 1 saturated heterocycles. The topological polar surface area (TPSA) is 200 Å². The van der Waals surface area contributed by atoms with Crippen molar-refractivity contribution in [2.75, 3.05) is 6.54 Å².